The summed E-state index contributed by atoms with van der Waals surface area (Å²) in [6, 6.07) is 17.9. The molecule has 0 unspecified atom stereocenters. The van der Waals surface area contributed by atoms with Crippen LogP contribution in [0.25, 0.3) is 0 Å². The lowest BCUT2D eigenvalue weighted by Gasteiger charge is -2.14. The number of nitrogens with two attached hydrogens (primary N) is 1. The second-order valence-corrected chi connectivity index (χ2v) is 7.50. The van der Waals surface area contributed by atoms with Gasteiger partial charge in [-0.3, -0.25) is 28.3 Å². The van der Waals surface area contributed by atoms with E-state index in [1.54, 1.807) is 48.5 Å². The smallest absolute Gasteiger partial charge is 0.332 e. The minimum atomic E-state index is -0.885. The molecule has 10 nitrogen and oxygen atoms in total. The van der Waals surface area contributed by atoms with E-state index >= 15 is 0 Å². The SMILES string of the molecule is Cn1c(=O)c(C(=O)COC(=O)CNC(=O)Cc2ccccc2)c(N)n(Cc2ccccc2)c1=O. The van der Waals surface area contributed by atoms with Crippen LogP contribution in [-0.4, -0.2) is 39.9 Å². The van der Waals surface area contributed by atoms with Crippen LogP contribution in [0.5, 0.6) is 0 Å². The van der Waals surface area contributed by atoms with Crippen molar-refractivity contribution in [3.63, 3.8) is 0 Å². The highest BCUT2D eigenvalue weighted by Gasteiger charge is 2.23. The van der Waals surface area contributed by atoms with Crippen molar-refractivity contribution in [2.75, 3.05) is 18.9 Å². The molecule has 1 aromatic heterocycles. The van der Waals surface area contributed by atoms with Crippen LogP contribution in [0.1, 0.15) is 21.5 Å². The molecule has 3 N–H and O–H groups in total. The number of ether oxygens (including phenoxy) is 1. The summed E-state index contributed by atoms with van der Waals surface area (Å²) in [5.41, 5.74) is 5.52. The number of esters is 1. The maximum Gasteiger partial charge on any atom is 0.332 e. The molecule has 0 fully saturated rings. The van der Waals surface area contributed by atoms with Gasteiger partial charge in [0.2, 0.25) is 11.7 Å². The molecule has 0 aliphatic rings. The predicted octanol–water partition coefficient (Wildman–Crippen LogP) is 0.262. The van der Waals surface area contributed by atoms with Gasteiger partial charge in [-0.1, -0.05) is 60.7 Å². The van der Waals surface area contributed by atoms with Crippen molar-refractivity contribution in [2.45, 2.75) is 13.0 Å². The van der Waals surface area contributed by atoms with E-state index in [1.807, 2.05) is 12.1 Å². The molecule has 3 aromatic rings. The number of benzene rings is 2. The van der Waals surface area contributed by atoms with Gasteiger partial charge in [0.25, 0.3) is 5.56 Å². The van der Waals surface area contributed by atoms with E-state index in [0.717, 1.165) is 20.3 Å². The van der Waals surface area contributed by atoms with Gasteiger partial charge in [0, 0.05) is 7.05 Å². The molecule has 0 saturated heterocycles. The molecular weight excluding hydrogens is 440 g/mol. The Morgan fingerprint density at radius 3 is 2.15 bits per heavy atom. The summed E-state index contributed by atoms with van der Waals surface area (Å²) >= 11 is 0. The first-order valence-electron chi connectivity index (χ1n) is 10.4. The van der Waals surface area contributed by atoms with Crippen LogP contribution < -0.4 is 22.3 Å². The molecule has 34 heavy (non-hydrogen) atoms. The molecule has 0 spiro atoms. The van der Waals surface area contributed by atoms with E-state index < -0.39 is 41.7 Å². The van der Waals surface area contributed by atoms with Gasteiger partial charge >= 0.3 is 11.7 Å². The first kappa shape index (κ1) is 24.2. The van der Waals surface area contributed by atoms with Crippen LogP contribution in [0.3, 0.4) is 0 Å². The van der Waals surface area contributed by atoms with E-state index in [1.165, 1.54) is 7.05 Å². The Balaban J connectivity index is 1.65. The fraction of sp³-hybridized carbons (Fsp3) is 0.208. The maximum absolute atomic E-state index is 12.7. The third-order valence-electron chi connectivity index (χ3n) is 5.05. The van der Waals surface area contributed by atoms with Gasteiger partial charge in [0.1, 0.15) is 17.9 Å². The van der Waals surface area contributed by atoms with Crippen molar-refractivity contribution in [1.82, 2.24) is 14.5 Å². The number of amides is 1. The Hall–Kier alpha value is -4.47. The van der Waals surface area contributed by atoms with Gasteiger partial charge in [-0.25, -0.2) is 4.79 Å². The zero-order valence-corrected chi connectivity index (χ0v) is 18.5. The minimum absolute atomic E-state index is 0.0488. The number of carbonyl (C=O) groups excluding carboxylic acids is 3. The van der Waals surface area contributed by atoms with E-state index in [4.69, 9.17) is 10.5 Å². The third kappa shape index (κ3) is 5.85. The van der Waals surface area contributed by atoms with Gasteiger partial charge in [0.15, 0.2) is 6.61 Å². The number of nitrogen functional groups attached to an aromatic ring is 1. The maximum atomic E-state index is 12.7. The molecule has 0 bridgehead atoms. The standard InChI is InChI=1S/C24H24N4O6/c1-27-23(32)21(22(25)28(24(27)33)14-17-10-6-3-7-11-17)18(29)15-34-20(31)13-26-19(30)12-16-8-4-2-5-9-16/h2-11H,12-15,25H2,1H3,(H,26,30). The molecule has 3 rings (SSSR count). The molecule has 176 valence electrons. The van der Waals surface area contributed by atoms with Gasteiger partial charge in [-0.2, -0.15) is 0 Å². The number of aromatic nitrogens is 2. The van der Waals surface area contributed by atoms with Crippen molar-refractivity contribution in [3.05, 3.63) is 98.2 Å². The van der Waals surface area contributed by atoms with Gasteiger partial charge in [-0.05, 0) is 11.1 Å². The Labute approximate surface area is 194 Å². The highest BCUT2D eigenvalue weighted by Crippen LogP contribution is 2.09. The van der Waals surface area contributed by atoms with Crippen LogP contribution in [0.2, 0.25) is 0 Å². The number of carbonyl (C=O) groups is 3. The highest BCUT2D eigenvalue weighted by atomic mass is 16.5. The monoisotopic (exact) mass is 464 g/mol. The molecule has 0 atom stereocenters. The summed E-state index contributed by atoms with van der Waals surface area (Å²) < 4.78 is 6.79. The molecule has 1 amide bonds. The molecule has 0 saturated carbocycles. The minimum Gasteiger partial charge on any atom is -0.456 e. The first-order valence-corrected chi connectivity index (χ1v) is 10.4. The summed E-state index contributed by atoms with van der Waals surface area (Å²) in [4.78, 5) is 61.7. The molecule has 0 radical (unpaired) electrons. The average molecular weight is 464 g/mol. The molecule has 0 aliphatic carbocycles. The van der Waals surface area contributed by atoms with Crippen molar-refractivity contribution in [1.29, 1.82) is 0 Å². The summed E-state index contributed by atoms with van der Waals surface area (Å²) in [7, 11) is 1.23. The Kier molecular flexibility index (Phi) is 7.75. The van der Waals surface area contributed by atoms with Crippen molar-refractivity contribution >= 4 is 23.5 Å². The first-order chi connectivity index (χ1) is 16.3. The molecular formula is C24H24N4O6. The Morgan fingerprint density at radius 2 is 1.53 bits per heavy atom. The molecule has 2 aromatic carbocycles. The predicted molar refractivity (Wildman–Crippen MR) is 124 cm³/mol. The Morgan fingerprint density at radius 1 is 0.941 bits per heavy atom. The Bertz CT molecular complexity index is 1310. The lowest BCUT2D eigenvalue weighted by atomic mass is 10.1. The summed E-state index contributed by atoms with van der Waals surface area (Å²) in [5, 5.41) is 2.41. The van der Waals surface area contributed by atoms with Crippen molar-refractivity contribution in [2.24, 2.45) is 7.05 Å². The van der Waals surface area contributed by atoms with Gasteiger partial charge in [0.05, 0.1) is 13.0 Å². The summed E-state index contributed by atoms with van der Waals surface area (Å²) in [6.45, 7) is -1.16. The van der Waals surface area contributed by atoms with E-state index in [9.17, 15) is 24.0 Å². The number of hydrogen-bond donors (Lipinski definition) is 2. The lowest BCUT2D eigenvalue weighted by Crippen LogP contribution is -2.43. The fourth-order valence-electron chi connectivity index (χ4n) is 3.25. The summed E-state index contributed by atoms with van der Waals surface area (Å²) in [6.07, 6.45) is 0.0859. The number of rotatable bonds is 9. The average Bonchev–Trinajstić information content (AvgIpc) is 2.84. The topological polar surface area (TPSA) is 142 Å². The third-order valence-corrected chi connectivity index (χ3v) is 5.05. The van der Waals surface area contributed by atoms with Gasteiger partial charge in [-0.15, -0.1) is 0 Å². The molecule has 1 heterocycles. The number of nitrogens with zero attached hydrogens (tertiary/aromatic N) is 2. The highest BCUT2D eigenvalue weighted by molar-refractivity contribution is 6.01. The summed E-state index contributed by atoms with van der Waals surface area (Å²) in [5.74, 6) is -2.42. The number of anilines is 1. The fourth-order valence-corrected chi connectivity index (χ4v) is 3.25. The number of ketones is 1. The van der Waals surface area contributed by atoms with Crippen molar-refractivity contribution in [3.8, 4) is 0 Å². The van der Waals surface area contributed by atoms with Gasteiger partial charge < -0.3 is 15.8 Å². The van der Waals surface area contributed by atoms with Crippen LogP contribution in [0.15, 0.2) is 70.3 Å². The molecule has 10 heteroatoms. The number of Topliss-reactive ketones (excluding diaryl/α,β-unsaturated/α-hetero) is 1. The number of nitrogens with one attached hydrogen (secondary N) is 1. The van der Waals surface area contributed by atoms with E-state index in [0.29, 0.717) is 0 Å². The second-order valence-electron chi connectivity index (χ2n) is 7.50. The molecule has 0 aliphatic heterocycles. The normalized spacial score (nSPS) is 10.5. The van der Waals surface area contributed by atoms with Crippen LogP contribution in [0, 0.1) is 0 Å². The number of hydrogen-bond acceptors (Lipinski definition) is 7. The zero-order valence-electron chi connectivity index (χ0n) is 18.5. The van der Waals surface area contributed by atoms with Crippen LogP contribution in [0.4, 0.5) is 5.82 Å². The van der Waals surface area contributed by atoms with E-state index in [2.05, 4.69) is 5.32 Å². The van der Waals surface area contributed by atoms with Crippen LogP contribution in [-0.2, 0) is 34.3 Å². The lowest BCUT2D eigenvalue weighted by molar-refractivity contribution is -0.142. The van der Waals surface area contributed by atoms with Crippen molar-refractivity contribution < 1.29 is 19.1 Å². The zero-order chi connectivity index (χ0) is 24.7. The van der Waals surface area contributed by atoms with Crippen LogP contribution >= 0.6 is 0 Å². The largest absolute Gasteiger partial charge is 0.456 e. The van der Waals surface area contributed by atoms with E-state index in [-0.39, 0.29) is 24.7 Å². The quantitative estimate of drug-likeness (QED) is 0.342. The second kappa shape index (κ2) is 10.9.